The van der Waals surface area contributed by atoms with Crippen LogP contribution >= 0.6 is 0 Å². The number of pyridine rings is 1. The number of hydrogen-bond donors (Lipinski definition) is 1. The predicted octanol–water partition coefficient (Wildman–Crippen LogP) is 2.63. The Morgan fingerprint density at radius 2 is 1.85 bits per heavy atom. The van der Waals surface area contributed by atoms with Crippen molar-refractivity contribution < 1.29 is 22.8 Å². The van der Waals surface area contributed by atoms with Gasteiger partial charge in [-0.1, -0.05) is 6.07 Å². The van der Waals surface area contributed by atoms with Crippen LogP contribution in [-0.4, -0.2) is 48.4 Å². The van der Waals surface area contributed by atoms with Gasteiger partial charge in [0.05, 0.1) is 23.0 Å². The van der Waals surface area contributed by atoms with E-state index in [9.17, 15) is 22.8 Å². The number of aromatic nitrogens is 1. The van der Waals surface area contributed by atoms with E-state index < -0.39 is 17.6 Å². The fourth-order valence-electron chi connectivity index (χ4n) is 2.79. The van der Waals surface area contributed by atoms with Crippen LogP contribution in [0.5, 0.6) is 0 Å². The van der Waals surface area contributed by atoms with Gasteiger partial charge in [-0.05, 0) is 24.3 Å². The van der Waals surface area contributed by atoms with Crippen LogP contribution in [0.4, 0.5) is 24.5 Å². The standard InChI is InChI=1S/C18H17F3N4O2/c19-18(20,21)14-2-1-3-15(9-14)23-17(27)13-8-16(11-22-10-13)25-6-4-24(12-26)5-7-25/h1-3,8-12H,4-7H2,(H,23,27). The number of anilines is 2. The molecule has 1 saturated heterocycles. The average molecular weight is 378 g/mol. The molecule has 2 aromatic rings. The van der Waals surface area contributed by atoms with Crippen molar-refractivity contribution in [2.45, 2.75) is 6.18 Å². The van der Waals surface area contributed by atoms with Crippen LogP contribution in [-0.2, 0) is 11.0 Å². The Hall–Kier alpha value is -3.10. The van der Waals surface area contributed by atoms with Crippen LogP contribution in [0.1, 0.15) is 15.9 Å². The Balaban J connectivity index is 1.72. The van der Waals surface area contributed by atoms with Crippen molar-refractivity contribution in [2.75, 3.05) is 36.4 Å². The Labute approximate surface area is 153 Å². The molecule has 6 nitrogen and oxygen atoms in total. The van der Waals surface area contributed by atoms with Crippen LogP contribution in [0.2, 0.25) is 0 Å². The number of rotatable bonds is 4. The van der Waals surface area contributed by atoms with Crippen molar-refractivity contribution in [3.8, 4) is 0 Å². The van der Waals surface area contributed by atoms with Gasteiger partial charge in [-0.25, -0.2) is 0 Å². The third-order valence-corrected chi connectivity index (χ3v) is 4.26. The fourth-order valence-corrected chi connectivity index (χ4v) is 2.79. The lowest BCUT2D eigenvalue weighted by atomic mass is 10.1. The molecule has 1 aliphatic rings. The summed E-state index contributed by atoms with van der Waals surface area (Å²) in [5, 5.41) is 2.47. The summed E-state index contributed by atoms with van der Waals surface area (Å²) in [5.41, 5.74) is 0.181. The molecule has 0 radical (unpaired) electrons. The smallest absolute Gasteiger partial charge is 0.367 e. The highest BCUT2D eigenvalue weighted by Crippen LogP contribution is 2.30. The molecule has 3 rings (SSSR count). The summed E-state index contributed by atoms with van der Waals surface area (Å²) in [7, 11) is 0. The summed E-state index contributed by atoms with van der Waals surface area (Å²) in [6.45, 7) is 2.37. The molecule has 0 spiro atoms. The summed E-state index contributed by atoms with van der Waals surface area (Å²) in [5.74, 6) is -0.546. The molecule has 2 heterocycles. The molecular formula is C18H17F3N4O2. The monoisotopic (exact) mass is 378 g/mol. The second-order valence-corrected chi connectivity index (χ2v) is 6.09. The number of nitrogens with one attached hydrogen (secondary N) is 1. The molecule has 2 amide bonds. The number of nitrogens with zero attached hydrogens (tertiary/aromatic N) is 3. The van der Waals surface area contributed by atoms with Crippen LogP contribution in [0.3, 0.4) is 0 Å². The van der Waals surface area contributed by atoms with E-state index in [0.29, 0.717) is 26.2 Å². The quantitative estimate of drug-likeness (QED) is 0.831. The third-order valence-electron chi connectivity index (χ3n) is 4.26. The van der Waals surface area contributed by atoms with E-state index in [-0.39, 0.29) is 11.3 Å². The maximum absolute atomic E-state index is 12.8. The average Bonchev–Trinajstić information content (AvgIpc) is 2.68. The van der Waals surface area contributed by atoms with E-state index >= 15 is 0 Å². The van der Waals surface area contributed by atoms with E-state index in [1.165, 1.54) is 18.3 Å². The number of piperazine rings is 1. The molecule has 9 heteroatoms. The van der Waals surface area contributed by atoms with Gasteiger partial charge in [-0.3, -0.25) is 14.6 Å². The minimum Gasteiger partial charge on any atom is -0.367 e. The molecule has 1 aliphatic heterocycles. The zero-order chi connectivity index (χ0) is 19.4. The van der Waals surface area contributed by atoms with E-state index in [4.69, 9.17) is 0 Å². The van der Waals surface area contributed by atoms with Crippen LogP contribution in [0, 0.1) is 0 Å². The molecular weight excluding hydrogens is 361 g/mol. The van der Waals surface area contributed by atoms with Crippen molar-refractivity contribution >= 4 is 23.7 Å². The maximum Gasteiger partial charge on any atom is 0.416 e. The highest BCUT2D eigenvalue weighted by molar-refractivity contribution is 6.04. The minimum atomic E-state index is -4.48. The second-order valence-electron chi connectivity index (χ2n) is 6.09. The van der Waals surface area contributed by atoms with Gasteiger partial charge in [0.2, 0.25) is 6.41 Å². The summed E-state index contributed by atoms with van der Waals surface area (Å²) < 4.78 is 38.4. The van der Waals surface area contributed by atoms with Crippen molar-refractivity contribution in [3.63, 3.8) is 0 Å². The Bertz CT molecular complexity index is 833. The first kappa shape index (κ1) is 18.7. The minimum absolute atomic E-state index is 0.0554. The molecule has 1 fully saturated rings. The lowest BCUT2D eigenvalue weighted by Crippen LogP contribution is -2.45. The Morgan fingerprint density at radius 1 is 1.11 bits per heavy atom. The van der Waals surface area contributed by atoms with E-state index in [2.05, 4.69) is 10.3 Å². The Kier molecular flexibility index (Phi) is 5.29. The van der Waals surface area contributed by atoms with E-state index in [0.717, 1.165) is 24.2 Å². The maximum atomic E-state index is 12.8. The molecule has 1 aromatic heterocycles. The number of halogens is 3. The first-order valence-electron chi connectivity index (χ1n) is 8.25. The van der Waals surface area contributed by atoms with Gasteiger partial charge < -0.3 is 15.1 Å². The van der Waals surface area contributed by atoms with Gasteiger partial charge in [-0.2, -0.15) is 13.2 Å². The zero-order valence-electron chi connectivity index (χ0n) is 14.2. The van der Waals surface area contributed by atoms with Crippen molar-refractivity contribution in [3.05, 3.63) is 53.9 Å². The first-order chi connectivity index (χ1) is 12.9. The molecule has 142 valence electrons. The van der Waals surface area contributed by atoms with Crippen LogP contribution < -0.4 is 10.2 Å². The number of carbonyl (C=O) groups excluding carboxylic acids is 2. The topological polar surface area (TPSA) is 65.5 Å². The summed E-state index contributed by atoms with van der Waals surface area (Å²) in [6, 6.07) is 6.08. The fraction of sp³-hybridized carbons (Fsp3) is 0.278. The molecule has 0 bridgehead atoms. The Morgan fingerprint density at radius 3 is 2.52 bits per heavy atom. The number of alkyl halides is 3. The largest absolute Gasteiger partial charge is 0.416 e. The van der Waals surface area contributed by atoms with Gasteiger partial charge in [-0.15, -0.1) is 0 Å². The van der Waals surface area contributed by atoms with Gasteiger partial charge in [0, 0.05) is 38.1 Å². The summed E-state index contributed by atoms with van der Waals surface area (Å²) >= 11 is 0. The number of benzene rings is 1. The van der Waals surface area contributed by atoms with Crippen molar-refractivity contribution in [1.82, 2.24) is 9.88 Å². The molecule has 0 unspecified atom stereocenters. The highest BCUT2D eigenvalue weighted by Gasteiger charge is 2.30. The predicted molar refractivity (Wildman–Crippen MR) is 93.5 cm³/mol. The third kappa shape index (κ3) is 4.55. The highest BCUT2D eigenvalue weighted by atomic mass is 19.4. The lowest BCUT2D eigenvalue weighted by molar-refractivity contribution is -0.137. The molecule has 0 aliphatic carbocycles. The van der Waals surface area contributed by atoms with Gasteiger partial charge in [0.1, 0.15) is 0 Å². The van der Waals surface area contributed by atoms with Crippen LogP contribution in [0.25, 0.3) is 0 Å². The first-order valence-corrected chi connectivity index (χ1v) is 8.25. The van der Waals surface area contributed by atoms with Gasteiger partial charge in [0.15, 0.2) is 0 Å². The summed E-state index contributed by atoms with van der Waals surface area (Å²) in [4.78, 5) is 30.9. The van der Waals surface area contributed by atoms with E-state index in [1.807, 2.05) is 4.90 Å². The molecule has 1 aromatic carbocycles. The zero-order valence-corrected chi connectivity index (χ0v) is 14.2. The van der Waals surface area contributed by atoms with Crippen LogP contribution in [0.15, 0.2) is 42.7 Å². The van der Waals surface area contributed by atoms with Gasteiger partial charge in [0.25, 0.3) is 5.91 Å². The van der Waals surface area contributed by atoms with E-state index in [1.54, 1.807) is 17.2 Å². The number of amides is 2. The second kappa shape index (κ2) is 7.65. The summed E-state index contributed by atoms with van der Waals surface area (Å²) in [6.07, 6.45) is -0.716. The number of hydrogen-bond acceptors (Lipinski definition) is 4. The van der Waals surface area contributed by atoms with Crippen molar-refractivity contribution in [1.29, 1.82) is 0 Å². The lowest BCUT2D eigenvalue weighted by Gasteiger charge is -2.34. The van der Waals surface area contributed by atoms with Gasteiger partial charge >= 0.3 is 6.18 Å². The normalized spacial score (nSPS) is 14.8. The molecule has 27 heavy (non-hydrogen) atoms. The SMILES string of the molecule is O=CN1CCN(c2cncc(C(=O)Nc3cccc(C(F)(F)F)c3)c2)CC1. The molecule has 0 atom stereocenters. The molecule has 0 saturated carbocycles. The number of carbonyl (C=O) groups is 2. The molecule has 1 N–H and O–H groups in total. The van der Waals surface area contributed by atoms with Crippen molar-refractivity contribution in [2.24, 2.45) is 0 Å².